The number of fused-ring (bicyclic) bond motifs is 12. The number of likely N-dealkylation sites (N-methyl/N-ethyl adjacent to an activating group) is 1. The molecule has 3 atom stereocenters. The van der Waals surface area contributed by atoms with E-state index in [4.69, 9.17) is 5.73 Å². The number of aromatic nitrogens is 20. The van der Waals surface area contributed by atoms with Crippen LogP contribution in [0.25, 0.3) is 113 Å². The molecule has 760 valence electrons. The number of piperidine rings is 1. The van der Waals surface area contributed by atoms with Gasteiger partial charge in [-0.1, -0.05) is 0 Å². The lowest BCUT2D eigenvalue weighted by Crippen LogP contribution is -2.50. The molecule has 149 heavy (non-hydrogen) atoms. The van der Waals surface area contributed by atoms with Crippen molar-refractivity contribution < 1.29 is 22.0 Å². The Morgan fingerprint density at radius 1 is 0.289 bits per heavy atom. The molecule has 20 aromatic rings. The molecule has 0 aromatic carbocycles. The van der Waals surface area contributed by atoms with E-state index in [1.165, 1.54) is 104 Å². The number of anilines is 5. The lowest BCUT2D eigenvalue weighted by atomic mass is 10.1. The first kappa shape index (κ1) is 96.2. The molecule has 35 nitrogen and oxygen atoms in total. The third-order valence-corrected chi connectivity index (χ3v) is 29.2. The number of nitrogens with two attached hydrogens (primary N) is 1. The number of nitrogens with zero attached hydrogens (tertiary/aromatic N) is 28. The molecule has 0 saturated carbocycles. The zero-order valence-electron chi connectivity index (χ0n) is 83.3. The molecule has 0 radical (unpaired) electrons. The number of hydrogen-bond acceptors (Lipinski definition) is 25. The summed E-state index contributed by atoms with van der Waals surface area (Å²) in [5, 5.41) is 3.41. The summed E-state index contributed by atoms with van der Waals surface area (Å²) < 4.78 is 88.3. The van der Waals surface area contributed by atoms with Gasteiger partial charge in [0.05, 0.1) is 85.4 Å². The van der Waals surface area contributed by atoms with Crippen molar-refractivity contribution in [2.75, 3.05) is 143 Å². The van der Waals surface area contributed by atoms with Crippen LogP contribution < -0.4 is 63.3 Å². The fourth-order valence-corrected chi connectivity index (χ4v) is 21.6. The Hall–Kier alpha value is -16.3. The van der Waals surface area contributed by atoms with E-state index in [0.717, 1.165) is 168 Å². The van der Waals surface area contributed by atoms with E-state index in [2.05, 4.69) is 108 Å². The van der Waals surface area contributed by atoms with Crippen molar-refractivity contribution in [2.45, 2.75) is 104 Å². The quantitative estimate of drug-likeness (QED) is 0.120. The average Bonchev–Trinajstić information content (AvgIpc) is 1.77. The van der Waals surface area contributed by atoms with Crippen LogP contribution in [0.3, 0.4) is 0 Å². The Bertz CT molecular complexity index is 8590. The largest absolute Gasteiger partial charge is 0.370 e. The minimum Gasteiger partial charge on any atom is -0.370 e. The summed E-state index contributed by atoms with van der Waals surface area (Å²) in [5.74, 6) is -2.21. The summed E-state index contributed by atoms with van der Waals surface area (Å²) >= 11 is 0. The molecule has 0 aliphatic carbocycles. The summed E-state index contributed by atoms with van der Waals surface area (Å²) in [5.41, 5.74) is 22.6. The SMILES string of the molecule is Cc1cn2cc(-c3cc(=O)n4cc(N5CCC(N)CC5)ccc4n3)cc(F)c2n1.Cc1cn2cc(-c3cc(=O)n4cc(N5CCN(C)CC5)ccc4n3)cc(F)c2n1.Cc1cn2cc(-c3cc(=O)n4cc(N5CCN6CCC[C@@H]6C5)ccc4n3)cc(F)c2n1.Cc1cn2cc(-c3cc(=O)n4cc(N5CCN6CCC[C@H]6C5)ccc4n3)cc(F)c2n1.Cc1cn2cc(-c3cc(=O)n4cc(N5CCN[C@H](C)C5)ccc4n3)cc(F)c2n1. The Kier molecular flexibility index (Phi) is 25.5. The molecule has 7 saturated heterocycles. The van der Waals surface area contributed by atoms with Crippen LogP contribution in [0.1, 0.15) is 73.9 Å². The number of piperazine rings is 4. The first-order valence-corrected chi connectivity index (χ1v) is 50.4. The molecule has 3 N–H and O–H groups in total. The molecule has 0 bridgehead atoms. The number of hydrogen-bond donors (Lipinski definition) is 2. The fourth-order valence-electron chi connectivity index (χ4n) is 21.6. The predicted molar refractivity (Wildman–Crippen MR) is 564 cm³/mol. The topological polar surface area (TPSA) is 322 Å². The first-order valence-electron chi connectivity index (χ1n) is 50.4. The van der Waals surface area contributed by atoms with Crippen LogP contribution >= 0.6 is 0 Å². The van der Waals surface area contributed by atoms with Gasteiger partial charge in [0.15, 0.2) is 57.3 Å². The molecule has 0 spiro atoms. The lowest BCUT2D eigenvalue weighted by molar-refractivity contribution is 0.231. The van der Waals surface area contributed by atoms with Crippen molar-refractivity contribution in [3.8, 4) is 56.3 Å². The monoisotopic (exact) mass is 2010 g/mol. The van der Waals surface area contributed by atoms with Crippen LogP contribution in [0.15, 0.2) is 238 Å². The zero-order valence-corrected chi connectivity index (χ0v) is 83.3. The highest BCUT2D eigenvalue weighted by Crippen LogP contribution is 2.34. The Balaban J connectivity index is 0.000000102. The van der Waals surface area contributed by atoms with E-state index in [1.807, 2.05) is 119 Å². The van der Waals surface area contributed by atoms with E-state index < -0.39 is 29.1 Å². The van der Waals surface area contributed by atoms with Crippen LogP contribution in [0.2, 0.25) is 0 Å². The molecule has 27 heterocycles. The summed E-state index contributed by atoms with van der Waals surface area (Å²) in [4.78, 5) is 127. The molecule has 7 fully saturated rings. The van der Waals surface area contributed by atoms with Gasteiger partial charge in [0.1, 0.15) is 28.2 Å². The minimum atomic E-state index is -0.448. The Morgan fingerprint density at radius 2 is 0.550 bits per heavy atom. The smallest absolute Gasteiger partial charge is 0.258 e. The number of halogens is 5. The van der Waals surface area contributed by atoms with E-state index in [-0.39, 0.29) is 62.1 Å². The molecule has 20 aromatic heterocycles. The number of aryl methyl sites for hydroxylation is 5. The van der Waals surface area contributed by atoms with Gasteiger partial charge in [0, 0.05) is 273 Å². The van der Waals surface area contributed by atoms with Gasteiger partial charge in [-0.15, -0.1) is 0 Å². The van der Waals surface area contributed by atoms with Crippen molar-refractivity contribution in [3.63, 3.8) is 0 Å². The maximum Gasteiger partial charge on any atom is 0.258 e. The predicted octanol–water partition coefficient (Wildman–Crippen LogP) is 12.3. The normalized spacial score (nSPS) is 17.5. The maximum absolute atomic E-state index is 14.5. The number of pyridine rings is 10. The Labute approximate surface area is 848 Å². The molecule has 0 amide bonds. The van der Waals surface area contributed by atoms with Crippen LogP contribution in [0, 0.1) is 63.7 Å². The highest BCUT2D eigenvalue weighted by molar-refractivity contribution is 5.71. The van der Waals surface area contributed by atoms with Gasteiger partial charge < -0.3 is 62.5 Å². The van der Waals surface area contributed by atoms with Gasteiger partial charge in [0.2, 0.25) is 0 Å². The van der Waals surface area contributed by atoms with E-state index >= 15 is 0 Å². The second-order valence-electron chi connectivity index (χ2n) is 39.9. The molecule has 0 unspecified atom stereocenters. The lowest BCUT2D eigenvalue weighted by Gasteiger charge is -2.38. The molecular formula is C109H109F5N30O5. The van der Waals surface area contributed by atoms with Gasteiger partial charge in [0.25, 0.3) is 27.8 Å². The van der Waals surface area contributed by atoms with Gasteiger partial charge in [-0.2, -0.15) is 0 Å². The van der Waals surface area contributed by atoms with Crippen LogP contribution in [0.5, 0.6) is 0 Å². The van der Waals surface area contributed by atoms with Crippen molar-refractivity contribution in [1.29, 1.82) is 0 Å². The maximum atomic E-state index is 14.5. The van der Waals surface area contributed by atoms with Crippen molar-refractivity contribution in [1.82, 2.24) is 114 Å². The number of rotatable bonds is 10. The molecule has 40 heteroatoms. The third kappa shape index (κ3) is 19.5. The van der Waals surface area contributed by atoms with E-state index in [1.54, 1.807) is 108 Å². The first-order chi connectivity index (χ1) is 72.0. The zero-order chi connectivity index (χ0) is 103. The molecule has 27 rings (SSSR count). The Morgan fingerprint density at radius 3 is 0.832 bits per heavy atom. The van der Waals surface area contributed by atoms with Crippen LogP contribution in [-0.4, -0.2) is 251 Å². The fraction of sp³-hybridized carbons (Fsp3) is 0.312. The molecule has 7 aliphatic heterocycles. The highest BCUT2D eigenvalue weighted by Gasteiger charge is 2.34. The van der Waals surface area contributed by atoms with Gasteiger partial charge in [-0.25, -0.2) is 71.8 Å². The standard InChI is InChI=1S/2C23H23FN6O.3C21H21FN6O/c2*1-15-11-29-12-16(9-19(24)23(29)25-15)20-10-22(31)30-14-18(4-5-21(30)26-20)28-8-7-27-6-2-3-17(27)13-28;1-14-11-27-12-15(9-17(22)21(27)23-14)18-10-20(29)28-13-16(3-4-19(28)24-18)26-7-5-25(2)6-8-26;1-13-9-26(6-5-23-13)16-3-4-19-25-18(8-20(29)28(19)12-16)15-7-17(22)21-24-14(2)10-27(21)11-15;1-13-10-27-11-14(8-17(22)21(27)24-13)18-9-20(29)28-12-16(2-3-19(28)25-18)26-6-4-15(23)5-7-26/h2*4-5,9-12,14,17H,2-3,6-8,13H2,1H3;3-4,9-13H,5-8H2,1-2H3;3-4,7-8,10-13,23H,5-6,9H2,1-2H3;2-3,8-12,15H,4-7,23H2,1H3/t2*17-;;13-;/m10.1./s1. The van der Waals surface area contributed by atoms with E-state index in [0.29, 0.717) is 103 Å². The average molecular weight is 2010 g/mol. The third-order valence-electron chi connectivity index (χ3n) is 29.2. The van der Waals surface area contributed by atoms with Gasteiger partial charge >= 0.3 is 0 Å². The minimum absolute atomic E-state index is 0.177. The van der Waals surface area contributed by atoms with Crippen molar-refractivity contribution >= 4 is 84.9 Å². The summed E-state index contributed by atoms with van der Waals surface area (Å²) in [7, 11) is 2.11. The summed E-state index contributed by atoms with van der Waals surface area (Å²) in [6.07, 6.45) is 33.6. The number of imidazole rings is 5. The van der Waals surface area contributed by atoms with Crippen LogP contribution in [-0.2, 0) is 0 Å². The second kappa shape index (κ2) is 39.5. The van der Waals surface area contributed by atoms with Crippen molar-refractivity contribution in [2.24, 2.45) is 5.73 Å². The molecular weight excluding hydrogens is 1900 g/mol. The van der Waals surface area contributed by atoms with E-state index in [9.17, 15) is 45.9 Å². The summed E-state index contributed by atoms with van der Waals surface area (Å²) in [6.45, 7) is 27.9. The van der Waals surface area contributed by atoms with Gasteiger partial charge in [-0.05, 0) is 191 Å². The molecule has 7 aliphatic rings. The summed E-state index contributed by atoms with van der Waals surface area (Å²) in [6, 6.07) is 35.2. The van der Waals surface area contributed by atoms with Gasteiger partial charge in [-0.3, -0.25) is 55.8 Å². The second-order valence-corrected chi connectivity index (χ2v) is 39.9. The number of nitrogens with one attached hydrogen (secondary N) is 1. The van der Waals surface area contributed by atoms with Crippen molar-refractivity contribution in [3.05, 3.63) is 324 Å². The highest BCUT2D eigenvalue weighted by atomic mass is 19.1. The van der Waals surface area contributed by atoms with Crippen LogP contribution in [0.4, 0.5) is 50.4 Å².